The summed E-state index contributed by atoms with van der Waals surface area (Å²) in [6, 6.07) is 19.2. The predicted octanol–water partition coefficient (Wildman–Crippen LogP) is 1.95. The highest BCUT2D eigenvalue weighted by molar-refractivity contribution is 5.77. The topological polar surface area (TPSA) is 74.6 Å². The van der Waals surface area contributed by atoms with Crippen LogP contribution in [0.1, 0.15) is 11.1 Å². The summed E-state index contributed by atoms with van der Waals surface area (Å²) in [6.45, 7) is 3.50. The number of ether oxygens (including phenoxy) is 2. The molecule has 0 saturated carbocycles. The van der Waals surface area contributed by atoms with Gasteiger partial charge < -0.3 is 14.8 Å². The van der Waals surface area contributed by atoms with Crippen LogP contribution >= 0.6 is 0 Å². The Morgan fingerprint density at radius 2 is 2.00 bits per heavy atom. The number of nitrogens with one attached hydrogen (secondary N) is 1. The number of benzene rings is 2. The fourth-order valence-corrected chi connectivity index (χ4v) is 3.00. The fraction of sp³-hybridized carbons (Fsp3) is 0.333. The number of carbonyl (C=O) groups is 1. The quantitative estimate of drug-likeness (QED) is 0.812. The molecule has 1 unspecified atom stereocenters. The summed E-state index contributed by atoms with van der Waals surface area (Å²) in [7, 11) is 0. The maximum Gasteiger partial charge on any atom is 0.258 e. The van der Waals surface area contributed by atoms with E-state index in [1.54, 1.807) is 24.3 Å². The molecule has 2 aromatic carbocycles. The van der Waals surface area contributed by atoms with Gasteiger partial charge in [-0.3, -0.25) is 9.69 Å². The molecule has 0 aliphatic carbocycles. The highest BCUT2D eigenvalue weighted by atomic mass is 16.5. The molecule has 1 aliphatic heterocycles. The van der Waals surface area contributed by atoms with Gasteiger partial charge in [0.1, 0.15) is 11.8 Å². The highest BCUT2D eigenvalue weighted by Gasteiger charge is 2.21. The first-order chi connectivity index (χ1) is 13.2. The average molecular weight is 365 g/mol. The maximum atomic E-state index is 12.0. The van der Waals surface area contributed by atoms with Crippen molar-refractivity contribution in [2.75, 3.05) is 32.8 Å². The number of nitriles is 1. The number of carbonyl (C=O) groups excluding carboxylic acids is 1. The molecule has 1 atom stereocenters. The fourth-order valence-electron chi connectivity index (χ4n) is 3.00. The first-order valence-electron chi connectivity index (χ1n) is 9.01. The van der Waals surface area contributed by atoms with Crippen LogP contribution in [0.25, 0.3) is 0 Å². The van der Waals surface area contributed by atoms with Crippen molar-refractivity contribution in [1.29, 1.82) is 5.26 Å². The van der Waals surface area contributed by atoms with Gasteiger partial charge in [-0.15, -0.1) is 0 Å². The van der Waals surface area contributed by atoms with Crippen LogP contribution in [0.15, 0.2) is 54.6 Å². The molecule has 2 aromatic rings. The molecule has 0 aromatic heterocycles. The smallest absolute Gasteiger partial charge is 0.258 e. The largest absolute Gasteiger partial charge is 0.482 e. The lowest BCUT2D eigenvalue weighted by Gasteiger charge is -2.33. The standard InChI is InChI=1S/C21H23N3O3/c22-12-18-8-4-5-9-20(18)27-16-21(25)23-13-19-15-24(10-11-26-19)14-17-6-2-1-3-7-17/h1-9,19H,10-11,13-16H2,(H,23,25). The molecule has 1 fully saturated rings. The monoisotopic (exact) mass is 365 g/mol. The van der Waals surface area contributed by atoms with Crippen molar-refractivity contribution in [1.82, 2.24) is 10.2 Å². The molecule has 6 heteroatoms. The first kappa shape index (κ1) is 18.9. The van der Waals surface area contributed by atoms with E-state index in [0.29, 0.717) is 24.5 Å². The minimum absolute atomic E-state index is 0.0437. The Labute approximate surface area is 159 Å². The summed E-state index contributed by atoms with van der Waals surface area (Å²) in [5.41, 5.74) is 1.68. The van der Waals surface area contributed by atoms with Crippen molar-refractivity contribution in [2.24, 2.45) is 0 Å². The van der Waals surface area contributed by atoms with Gasteiger partial charge in [0.25, 0.3) is 5.91 Å². The third kappa shape index (κ3) is 5.81. The van der Waals surface area contributed by atoms with Gasteiger partial charge in [-0.25, -0.2) is 0 Å². The molecule has 0 spiro atoms. The van der Waals surface area contributed by atoms with Gasteiger partial charge >= 0.3 is 0 Å². The zero-order chi connectivity index (χ0) is 18.9. The van der Waals surface area contributed by atoms with Gasteiger partial charge in [0.15, 0.2) is 6.61 Å². The number of rotatable bonds is 7. The van der Waals surface area contributed by atoms with E-state index in [2.05, 4.69) is 22.3 Å². The number of hydrogen-bond acceptors (Lipinski definition) is 5. The summed E-state index contributed by atoms with van der Waals surface area (Å²) in [4.78, 5) is 14.4. The van der Waals surface area contributed by atoms with Crippen LogP contribution in [0, 0.1) is 11.3 Å². The predicted molar refractivity (Wildman–Crippen MR) is 101 cm³/mol. The van der Waals surface area contributed by atoms with Crippen LogP contribution in [0.2, 0.25) is 0 Å². The molecule has 1 N–H and O–H groups in total. The SMILES string of the molecule is N#Cc1ccccc1OCC(=O)NCC1CN(Cc2ccccc2)CCO1. The van der Waals surface area contributed by atoms with Crippen molar-refractivity contribution in [2.45, 2.75) is 12.6 Å². The van der Waals surface area contributed by atoms with Gasteiger partial charge in [0.2, 0.25) is 0 Å². The van der Waals surface area contributed by atoms with Gasteiger partial charge in [0, 0.05) is 26.2 Å². The Bertz CT molecular complexity index is 789. The molecule has 0 bridgehead atoms. The Hall–Kier alpha value is -2.88. The second kappa shape index (κ2) is 9.72. The summed E-state index contributed by atoms with van der Waals surface area (Å²) in [5.74, 6) is 0.185. The Morgan fingerprint density at radius 3 is 2.81 bits per heavy atom. The van der Waals surface area contributed by atoms with Crippen molar-refractivity contribution >= 4 is 5.91 Å². The van der Waals surface area contributed by atoms with Crippen molar-refractivity contribution in [3.05, 3.63) is 65.7 Å². The van der Waals surface area contributed by atoms with Gasteiger partial charge in [-0.1, -0.05) is 42.5 Å². The second-order valence-electron chi connectivity index (χ2n) is 6.41. The van der Waals surface area contributed by atoms with Crippen LogP contribution in [0.4, 0.5) is 0 Å². The van der Waals surface area contributed by atoms with Crippen LogP contribution in [-0.4, -0.2) is 49.8 Å². The number of morpholine rings is 1. The van der Waals surface area contributed by atoms with Crippen LogP contribution < -0.4 is 10.1 Å². The van der Waals surface area contributed by atoms with Gasteiger partial charge in [0.05, 0.1) is 18.3 Å². The molecule has 27 heavy (non-hydrogen) atoms. The van der Waals surface area contributed by atoms with Crippen LogP contribution in [0.5, 0.6) is 5.75 Å². The molecule has 140 valence electrons. The van der Waals surface area contributed by atoms with E-state index in [9.17, 15) is 4.79 Å². The molecular weight excluding hydrogens is 342 g/mol. The average Bonchev–Trinajstić information content (AvgIpc) is 2.72. The number of para-hydroxylation sites is 1. The van der Waals surface area contributed by atoms with Crippen molar-refractivity contribution < 1.29 is 14.3 Å². The molecular formula is C21H23N3O3. The molecule has 1 saturated heterocycles. The van der Waals surface area contributed by atoms with E-state index in [1.807, 2.05) is 24.3 Å². The third-order valence-corrected chi connectivity index (χ3v) is 4.37. The second-order valence-corrected chi connectivity index (χ2v) is 6.41. The van der Waals surface area contributed by atoms with E-state index in [1.165, 1.54) is 5.56 Å². The van der Waals surface area contributed by atoms with Crippen molar-refractivity contribution in [3.8, 4) is 11.8 Å². The summed E-state index contributed by atoms with van der Waals surface area (Å²) in [6.07, 6.45) is -0.0437. The van der Waals surface area contributed by atoms with E-state index in [0.717, 1.165) is 19.6 Å². The molecule has 6 nitrogen and oxygen atoms in total. The van der Waals surface area contributed by atoms with Gasteiger partial charge in [-0.2, -0.15) is 5.26 Å². The number of amides is 1. The summed E-state index contributed by atoms with van der Waals surface area (Å²) < 4.78 is 11.2. The normalized spacial score (nSPS) is 17.1. The third-order valence-electron chi connectivity index (χ3n) is 4.37. The summed E-state index contributed by atoms with van der Waals surface area (Å²) >= 11 is 0. The molecule has 3 rings (SSSR count). The summed E-state index contributed by atoms with van der Waals surface area (Å²) in [5, 5.41) is 11.9. The molecule has 1 heterocycles. The minimum Gasteiger partial charge on any atom is -0.482 e. The Morgan fingerprint density at radius 1 is 1.22 bits per heavy atom. The van der Waals surface area contributed by atoms with E-state index in [-0.39, 0.29) is 18.6 Å². The Balaban J connectivity index is 1.41. The number of hydrogen-bond donors (Lipinski definition) is 1. The van der Waals surface area contributed by atoms with E-state index in [4.69, 9.17) is 14.7 Å². The van der Waals surface area contributed by atoms with Crippen LogP contribution in [0.3, 0.4) is 0 Å². The zero-order valence-corrected chi connectivity index (χ0v) is 15.1. The lowest BCUT2D eigenvalue weighted by molar-refractivity contribution is -0.124. The molecule has 1 amide bonds. The lowest BCUT2D eigenvalue weighted by atomic mass is 10.2. The number of nitrogens with zero attached hydrogens (tertiary/aromatic N) is 2. The van der Waals surface area contributed by atoms with E-state index < -0.39 is 0 Å². The van der Waals surface area contributed by atoms with Gasteiger partial charge in [-0.05, 0) is 17.7 Å². The Kier molecular flexibility index (Phi) is 6.80. The van der Waals surface area contributed by atoms with Crippen LogP contribution in [-0.2, 0) is 16.1 Å². The lowest BCUT2D eigenvalue weighted by Crippen LogP contribution is -2.47. The first-order valence-corrected chi connectivity index (χ1v) is 9.01. The highest BCUT2D eigenvalue weighted by Crippen LogP contribution is 2.16. The van der Waals surface area contributed by atoms with E-state index >= 15 is 0 Å². The zero-order valence-electron chi connectivity index (χ0n) is 15.1. The molecule has 1 aliphatic rings. The molecule has 0 radical (unpaired) electrons. The maximum absolute atomic E-state index is 12.0. The minimum atomic E-state index is -0.230. The van der Waals surface area contributed by atoms with Crippen molar-refractivity contribution in [3.63, 3.8) is 0 Å².